The highest BCUT2D eigenvalue weighted by Crippen LogP contribution is 2.22. The number of carbonyl (C=O) groups excluding carboxylic acids is 1. The van der Waals surface area contributed by atoms with Crippen LogP contribution in [0.25, 0.3) is 0 Å². The third-order valence-corrected chi connectivity index (χ3v) is 3.27. The molecule has 18 heavy (non-hydrogen) atoms. The van der Waals surface area contributed by atoms with E-state index in [1.165, 1.54) is 4.90 Å². The zero-order chi connectivity index (χ0) is 13.1. The number of carbonyl (C=O) groups is 2. The van der Waals surface area contributed by atoms with Crippen molar-refractivity contribution < 1.29 is 19.4 Å². The number of carboxylic acids is 1. The van der Waals surface area contributed by atoms with Gasteiger partial charge < -0.3 is 9.84 Å². The van der Waals surface area contributed by atoms with Crippen LogP contribution in [-0.4, -0.2) is 34.7 Å². The van der Waals surface area contributed by atoms with Gasteiger partial charge in [-0.1, -0.05) is 22.0 Å². The van der Waals surface area contributed by atoms with Crippen molar-refractivity contribution in [3.05, 3.63) is 28.7 Å². The van der Waals surface area contributed by atoms with E-state index in [-0.39, 0.29) is 0 Å². The normalized spacial score (nSPS) is 18.7. The molecule has 1 unspecified atom stereocenters. The lowest BCUT2D eigenvalue weighted by molar-refractivity contribution is -0.141. The van der Waals surface area contributed by atoms with Gasteiger partial charge in [0.15, 0.2) is 0 Å². The molecule has 5 nitrogen and oxygen atoms in total. The molecule has 2 rings (SSSR count). The van der Waals surface area contributed by atoms with Crippen molar-refractivity contribution in [3.63, 3.8) is 0 Å². The first kappa shape index (κ1) is 12.9. The molecule has 1 aliphatic rings. The van der Waals surface area contributed by atoms with Gasteiger partial charge >= 0.3 is 12.1 Å². The maximum Gasteiger partial charge on any atom is 0.415 e. The van der Waals surface area contributed by atoms with Crippen LogP contribution in [0, 0.1) is 0 Å². The van der Waals surface area contributed by atoms with E-state index in [1.54, 1.807) is 18.2 Å². The van der Waals surface area contributed by atoms with Crippen molar-refractivity contribution in [3.8, 4) is 5.75 Å². The minimum atomic E-state index is -0.987. The molecule has 0 bridgehead atoms. The Kier molecular flexibility index (Phi) is 3.86. The molecule has 6 heteroatoms. The standard InChI is InChI=1S/C12H12BrNO4/c13-8-3-1-4-9(7-8)18-12(17)14-6-2-5-10(14)11(15)16/h1,3-4,7,10H,2,5-6H2,(H,15,16). The number of aliphatic carboxylic acids is 1. The molecule has 1 fully saturated rings. The van der Waals surface area contributed by atoms with Crippen LogP contribution < -0.4 is 4.74 Å². The third-order valence-electron chi connectivity index (χ3n) is 2.77. The minimum absolute atomic E-state index is 0.394. The van der Waals surface area contributed by atoms with Crippen LogP contribution in [0.5, 0.6) is 5.75 Å². The lowest BCUT2D eigenvalue weighted by Crippen LogP contribution is -2.41. The van der Waals surface area contributed by atoms with E-state index in [0.29, 0.717) is 25.1 Å². The molecule has 1 amide bonds. The van der Waals surface area contributed by atoms with Gasteiger partial charge in [-0.05, 0) is 31.0 Å². The van der Waals surface area contributed by atoms with Gasteiger partial charge in [0, 0.05) is 11.0 Å². The topological polar surface area (TPSA) is 66.8 Å². The summed E-state index contributed by atoms with van der Waals surface area (Å²) < 4.78 is 5.95. The van der Waals surface area contributed by atoms with Crippen LogP contribution in [0.4, 0.5) is 4.79 Å². The molecule has 0 aliphatic carbocycles. The Morgan fingerprint density at radius 3 is 2.89 bits per heavy atom. The lowest BCUT2D eigenvalue weighted by atomic mass is 10.2. The first-order valence-electron chi connectivity index (χ1n) is 5.55. The Bertz CT molecular complexity index is 477. The molecule has 0 saturated carbocycles. The van der Waals surface area contributed by atoms with Gasteiger partial charge in [0.1, 0.15) is 11.8 Å². The largest absolute Gasteiger partial charge is 0.480 e. The van der Waals surface area contributed by atoms with Crippen LogP contribution in [0.2, 0.25) is 0 Å². The first-order chi connectivity index (χ1) is 8.58. The van der Waals surface area contributed by atoms with Crippen LogP contribution in [0.3, 0.4) is 0 Å². The summed E-state index contributed by atoms with van der Waals surface area (Å²) in [6, 6.07) is 6.08. The SMILES string of the molecule is O=C(O)C1CCCN1C(=O)Oc1cccc(Br)c1. The molecule has 1 atom stereocenters. The number of nitrogens with zero attached hydrogens (tertiary/aromatic N) is 1. The number of halogens is 1. The predicted molar refractivity (Wildman–Crippen MR) is 67.5 cm³/mol. The van der Waals surface area contributed by atoms with Gasteiger partial charge in [-0.3, -0.25) is 4.90 Å². The van der Waals surface area contributed by atoms with E-state index in [1.807, 2.05) is 6.07 Å². The van der Waals surface area contributed by atoms with E-state index in [2.05, 4.69) is 15.9 Å². The van der Waals surface area contributed by atoms with Gasteiger partial charge in [-0.25, -0.2) is 9.59 Å². The summed E-state index contributed by atoms with van der Waals surface area (Å²) in [7, 11) is 0. The second-order valence-electron chi connectivity index (χ2n) is 4.02. The predicted octanol–water partition coefficient (Wildman–Crippen LogP) is 2.50. The summed E-state index contributed by atoms with van der Waals surface area (Å²) in [4.78, 5) is 24.1. The number of ether oxygens (including phenoxy) is 1. The molecular weight excluding hydrogens is 302 g/mol. The summed E-state index contributed by atoms with van der Waals surface area (Å²) in [6.45, 7) is 0.420. The highest BCUT2D eigenvalue weighted by Gasteiger charge is 2.35. The van der Waals surface area contributed by atoms with E-state index in [9.17, 15) is 9.59 Å². The first-order valence-corrected chi connectivity index (χ1v) is 6.34. The van der Waals surface area contributed by atoms with E-state index < -0.39 is 18.1 Å². The van der Waals surface area contributed by atoms with Crippen LogP contribution in [0.1, 0.15) is 12.8 Å². The molecule has 1 aromatic carbocycles. The van der Waals surface area contributed by atoms with Crippen molar-refractivity contribution in [2.45, 2.75) is 18.9 Å². The number of hydrogen-bond acceptors (Lipinski definition) is 3. The third kappa shape index (κ3) is 2.81. The molecular formula is C12H12BrNO4. The Morgan fingerprint density at radius 1 is 1.44 bits per heavy atom. The number of likely N-dealkylation sites (tertiary alicyclic amines) is 1. The van der Waals surface area contributed by atoms with Gasteiger partial charge in [0.25, 0.3) is 0 Å². The monoisotopic (exact) mass is 313 g/mol. The number of carboxylic acid groups (broad SMARTS) is 1. The van der Waals surface area contributed by atoms with E-state index in [0.717, 1.165) is 4.47 Å². The van der Waals surface area contributed by atoms with Gasteiger partial charge in [0.05, 0.1) is 0 Å². The zero-order valence-corrected chi connectivity index (χ0v) is 11.1. The van der Waals surface area contributed by atoms with Gasteiger partial charge in [0.2, 0.25) is 0 Å². The molecule has 0 aromatic heterocycles. The molecule has 1 aromatic rings. The fourth-order valence-corrected chi connectivity index (χ4v) is 2.31. The van der Waals surface area contributed by atoms with Crippen LogP contribution in [0.15, 0.2) is 28.7 Å². The summed E-state index contributed by atoms with van der Waals surface area (Å²) in [5, 5.41) is 8.99. The summed E-state index contributed by atoms with van der Waals surface area (Å²) in [5.41, 5.74) is 0. The van der Waals surface area contributed by atoms with E-state index >= 15 is 0 Å². The Labute approximate surface area is 112 Å². The van der Waals surface area contributed by atoms with Crippen LogP contribution >= 0.6 is 15.9 Å². The fraction of sp³-hybridized carbons (Fsp3) is 0.333. The maximum absolute atomic E-state index is 11.9. The summed E-state index contributed by atoms with van der Waals surface area (Å²) in [6.07, 6.45) is 0.547. The average Bonchev–Trinajstić information content (AvgIpc) is 2.77. The Balaban J connectivity index is 2.06. The maximum atomic E-state index is 11.9. The molecule has 1 saturated heterocycles. The second-order valence-corrected chi connectivity index (χ2v) is 4.93. The van der Waals surface area contributed by atoms with Crippen molar-refractivity contribution in [1.29, 1.82) is 0 Å². The molecule has 0 spiro atoms. The van der Waals surface area contributed by atoms with Gasteiger partial charge in [-0.2, -0.15) is 0 Å². The van der Waals surface area contributed by atoms with Gasteiger partial charge in [-0.15, -0.1) is 0 Å². The highest BCUT2D eigenvalue weighted by molar-refractivity contribution is 9.10. The van der Waals surface area contributed by atoms with E-state index in [4.69, 9.17) is 9.84 Å². The molecule has 1 N–H and O–H groups in total. The van der Waals surface area contributed by atoms with Crippen molar-refractivity contribution in [2.24, 2.45) is 0 Å². The smallest absolute Gasteiger partial charge is 0.415 e. The second kappa shape index (κ2) is 5.39. The molecule has 0 radical (unpaired) electrons. The summed E-state index contributed by atoms with van der Waals surface area (Å²) in [5.74, 6) is -0.593. The Hall–Kier alpha value is -1.56. The number of rotatable bonds is 2. The number of hydrogen-bond donors (Lipinski definition) is 1. The zero-order valence-electron chi connectivity index (χ0n) is 9.51. The minimum Gasteiger partial charge on any atom is -0.480 e. The quantitative estimate of drug-likeness (QED) is 0.911. The molecule has 1 aliphatic heterocycles. The molecule has 1 heterocycles. The van der Waals surface area contributed by atoms with Crippen molar-refractivity contribution in [1.82, 2.24) is 4.90 Å². The number of amides is 1. The summed E-state index contributed by atoms with van der Waals surface area (Å²) >= 11 is 3.27. The molecule has 96 valence electrons. The number of benzene rings is 1. The lowest BCUT2D eigenvalue weighted by Gasteiger charge is -2.20. The fourth-order valence-electron chi connectivity index (χ4n) is 1.93. The van der Waals surface area contributed by atoms with Crippen LogP contribution in [-0.2, 0) is 4.79 Å². The average molecular weight is 314 g/mol. The van der Waals surface area contributed by atoms with Crippen molar-refractivity contribution in [2.75, 3.05) is 6.54 Å². The van der Waals surface area contributed by atoms with Crippen molar-refractivity contribution >= 4 is 28.0 Å². The highest BCUT2D eigenvalue weighted by atomic mass is 79.9. The Morgan fingerprint density at radius 2 is 2.22 bits per heavy atom.